The van der Waals surface area contributed by atoms with Crippen molar-refractivity contribution in [1.29, 1.82) is 0 Å². The van der Waals surface area contributed by atoms with Gasteiger partial charge >= 0.3 is 10.2 Å². The lowest BCUT2D eigenvalue weighted by molar-refractivity contribution is 0.345. The van der Waals surface area contributed by atoms with Gasteiger partial charge in [-0.15, -0.1) is 0 Å². The Labute approximate surface area is 120 Å². The Bertz CT molecular complexity index is 741. The smallest absolute Gasteiger partial charge is 0.206 e. The summed E-state index contributed by atoms with van der Waals surface area (Å²) in [5.74, 6) is -5.93. The number of hydrogen-bond acceptors (Lipinski definition) is 0. The average Bonchev–Trinajstić information content (AvgIpc) is 2.23. The van der Waals surface area contributed by atoms with Crippen LogP contribution in [0, 0.1) is 24.4 Å². The van der Waals surface area contributed by atoms with Crippen LogP contribution in [-0.4, -0.2) is 0 Å². The van der Waals surface area contributed by atoms with Gasteiger partial charge in [-0.1, -0.05) is 31.6 Å². The fourth-order valence-electron chi connectivity index (χ4n) is 1.94. The van der Waals surface area contributed by atoms with E-state index in [9.17, 15) is 32.6 Å². The van der Waals surface area contributed by atoms with Gasteiger partial charge in [0.25, 0.3) is 0 Å². The van der Waals surface area contributed by atoms with Crippen LogP contribution in [0.15, 0.2) is 35.2 Å². The summed E-state index contributed by atoms with van der Waals surface area (Å²) in [5, 5.41) is 0. The van der Waals surface area contributed by atoms with E-state index in [-0.39, 0.29) is 12.1 Å². The maximum absolute atomic E-state index is 13.7. The van der Waals surface area contributed by atoms with Crippen LogP contribution >= 0.6 is 10.2 Å². The SMILES string of the molecule is Cc1ccc(-c2cc(F)c(S(F)(F)(F)(F)F)c(F)c2)c(F)c1. The second kappa shape index (κ2) is 4.15. The minimum atomic E-state index is -10.5. The third-order valence-electron chi connectivity index (χ3n) is 2.82. The van der Waals surface area contributed by atoms with Crippen molar-refractivity contribution in [3.63, 3.8) is 0 Å². The molecule has 9 heteroatoms. The molecule has 2 rings (SSSR count). The molecule has 2 aromatic rings. The van der Waals surface area contributed by atoms with Gasteiger partial charge in [-0.05, 0) is 36.2 Å². The molecule has 122 valence electrons. The summed E-state index contributed by atoms with van der Waals surface area (Å²) in [6, 6.07) is 3.49. The van der Waals surface area contributed by atoms with Crippen LogP contribution in [0.5, 0.6) is 0 Å². The second-order valence-electron chi connectivity index (χ2n) is 4.72. The number of halogens is 8. The van der Waals surface area contributed by atoms with E-state index >= 15 is 0 Å². The first-order chi connectivity index (χ1) is 9.69. The van der Waals surface area contributed by atoms with E-state index in [1.807, 2.05) is 0 Å². The van der Waals surface area contributed by atoms with Crippen LogP contribution < -0.4 is 0 Å². The standard InChI is InChI=1S/C13H8F8S/c1-7-2-3-9(10(14)4-7)8-5-11(15)13(12(16)6-8)22(17,18,19,20)21/h2-6H,1H3. The monoisotopic (exact) mass is 348 g/mol. The third kappa shape index (κ3) is 3.18. The molecule has 0 heterocycles. The molecule has 0 aliphatic rings. The predicted octanol–water partition coefficient (Wildman–Crippen LogP) is 6.74. The molecule has 0 N–H and O–H groups in total. The third-order valence-corrected chi connectivity index (χ3v) is 3.98. The van der Waals surface area contributed by atoms with E-state index < -0.39 is 43.7 Å². The summed E-state index contributed by atoms with van der Waals surface area (Å²) in [7, 11) is -10.5. The van der Waals surface area contributed by atoms with Gasteiger partial charge in [0, 0.05) is 5.56 Å². The summed E-state index contributed by atoms with van der Waals surface area (Å²) in [6.07, 6.45) is 0. The maximum Gasteiger partial charge on any atom is 0.315 e. The minimum Gasteiger partial charge on any atom is -0.206 e. The normalized spacial score (nSPS) is 15.3. The molecule has 0 fully saturated rings. The first kappa shape index (κ1) is 16.6. The molecule has 0 unspecified atom stereocenters. The van der Waals surface area contributed by atoms with Crippen molar-refractivity contribution in [2.45, 2.75) is 11.8 Å². The lowest BCUT2D eigenvalue weighted by Gasteiger charge is -2.40. The Morgan fingerprint density at radius 1 is 0.727 bits per heavy atom. The molecular formula is C13H8F8S. The molecular weight excluding hydrogens is 340 g/mol. The van der Waals surface area contributed by atoms with E-state index in [2.05, 4.69) is 0 Å². The molecule has 0 amide bonds. The van der Waals surface area contributed by atoms with Crippen molar-refractivity contribution in [2.24, 2.45) is 0 Å². The van der Waals surface area contributed by atoms with Crippen molar-refractivity contribution in [1.82, 2.24) is 0 Å². The summed E-state index contributed by atoms with van der Waals surface area (Å²) >= 11 is 0. The van der Waals surface area contributed by atoms with E-state index in [1.54, 1.807) is 0 Å². The number of rotatable bonds is 2. The van der Waals surface area contributed by atoms with E-state index in [1.165, 1.54) is 13.0 Å². The summed E-state index contributed by atoms with van der Waals surface area (Å²) in [6.45, 7) is 1.52. The first-order valence-corrected chi connectivity index (χ1v) is 7.64. The fraction of sp³-hybridized carbons (Fsp3) is 0.0769. The van der Waals surface area contributed by atoms with Gasteiger partial charge in [-0.2, -0.15) is 0 Å². The van der Waals surface area contributed by atoms with E-state index in [0.717, 1.165) is 12.1 Å². The van der Waals surface area contributed by atoms with Crippen molar-refractivity contribution < 1.29 is 32.6 Å². The Morgan fingerprint density at radius 2 is 1.23 bits per heavy atom. The lowest BCUT2D eigenvalue weighted by Crippen LogP contribution is -2.11. The largest absolute Gasteiger partial charge is 0.315 e. The number of hydrogen-bond donors (Lipinski definition) is 0. The Balaban J connectivity index is 2.72. The van der Waals surface area contributed by atoms with Gasteiger partial charge in [0.2, 0.25) is 0 Å². The second-order valence-corrected chi connectivity index (χ2v) is 7.07. The topological polar surface area (TPSA) is 0 Å². The quantitative estimate of drug-likeness (QED) is 0.528. The molecule has 0 radical (unpaired) electrons. The molecule has 0 atom stereocenters. The van der Waals surface area contributed by atoms with Crippen molar-refractivity contribution in [3.05, 3.63) is 53.3 Å². The van der Waals surface area contributed by atoms with E-state index in [4.69, 9.17) is 0 Å². The van der Waals surface area contributed by atoms with Crippen LogP contribution in [0.25, 0.3) is 11.1 Å². The van der Waals surface area contributed by atoms with Gasteiger partial charge in [-0.25, -0.2) is 13.2 Å². The van der Waals surface area contributed by atoms with Gasteiger partial charge in [0.15, 0.2) is 4.90 Å². The first-order valence-electron chi connectivity index (χ1n) is 5.69. The highest BCUT2D eigenvalue weighted by molar-refractivity contribution is 8.45. The Hall–Kier alpha value is -1.77. The number of benzene rings is 2. The molecule has 2 aromatic carbocycles. The highest BCUT2D eigenvalue weighted by atomic mass is 32.5. The molecule has 0 saturated carbocycles. The predicted molar refractivity (Wildman–Crippen MR) is 67.9 cm³/mol. The summed E-state index contributed by atoms with van der Waals surface area (Å²) in [5.41, 5.74) is -0.555. The van der Waals surface area contributed by atoms with Crippen LogP contribution in [0.3, 0.4) is 0 Å². The van der Waals surface area contributed by atoms with Gasteiger partial charge in [0.1, 0.15) is 17.5 Å². The van der Waals surface area contributed by atoms with Crippen LogP contribution in [0.1, 0.15) is 5.56 Å². The zero-order chi connectivity index (χ0) is 17.0. The Kier molecular flexibility index (Phi) is 3.13. The molecule has 0 bridgehead atoms. The zero-order valence-corrected chi connectivity index (χ0v) is 11.6. The molecule has 22 heavy (non-hydrogen) atoms. The Morgan fingerprint density at radius 3 is 1.64 bits per heavy atom. The molecule has 0 saturated heterocycles. The van der Waals surface area contributed by atoms with Crippen molar-refractivity contribution in [3.8, 4) is 11.1 Å². The lowest BCUT2D eigenvalue weighted by atomic mass is 10.0. The van der Waals surface area contributed by atoms with Crippen molar-refractivity contribution >= 4 is 10.2 Å². The van der Waals surface area contributed by atoms with Crippen LogP contribution in [0.4, 0.5) is 32.6 Å². The molecule has 0 nitrogen and oxygen atoms in total. The summed E-state index contributed by atoms with van der Waals surface area (Å²) < 4.78 is 104. The molecule has 0 spiro atoms. The summed E-state index contributed by atoms with van der Waals surface area (Å²) in [4.78, 5) is -3.23. The molecule has 0 aliphatic carbocycles. The highest BCUT2D eigenvalue weighted by Gasteiger charge is 2.68. The molecule has 0 aliphatic heterocycles. The fourth-order valence-corrected chi connectivity index (χ4v) is 2.79. The zero-order valence-electron chi connectivity index (χ0n) is 10.8. The molecule has 0 aromatic heterocycles. The van der Waals surface area contributed by atoms with Gasteiger partial charge < -0.3 is 0 Å². The van der Waals surface area contributed by atoms with Gasteiger partial charge in [-0.3, -0.25) is 0 Å². The minimum absolute atomic E-state index is 0.0318. The highest BCUT2D eigenvalue weighted by Crippen LogP contribution is 3.02. The van der Waals surface area contributed by atoms with Crippen LogP contribution in [0.2, 0.25) is 0 Å². The van der Waals surface area contributed by atoms with E-state index in [0.29, 0.717) is 5.56 Å². The number of aryl methyl sites for hydroxylation is 1. The maximum atomic E-state index is 13.7. The average molecular weight is 348 g/mol. The van der Waals surface area contributed by atoms with Crippen molar-refractivity contribution in [2.75, 3.05) is 0 Å². The van der Waals surface area contributed by atoms with Gasteiger partial charge in [0.05, 0.1) is 0 Å². The van der Waals surface area contributed by atoms with Crippen LogP contribution in [-0.2, 0) is 0 Å².